The summed E-state index contributed by atoms with van der Waals surface area (Å²) >= 11 is 0. The van der Waals surface area contributed by atoms with Gasteiger partial charge in [-0.2, -0.15) is 10.1 Å². The number of nitro benzene ring substituents is 1. The van der Waals surface area contributed by atoms with Crippen molar-refractivity contribution in [3.05, 3.63) is 86.9 Å². The van der Waals surface area contributed by atoms with E-state index in [-0.39, 0.29) is 11.6 Å². The van der Waals surface area contributed by atoms with Crippen LogP contribution in [0.5, 0.6) is 0 Å². The summed E-state index contributed by atoms with van der Waals surface area (Å²) in [6, 6.07) is 11.3. The van der Waals surface area contributed by atoms with E-state index in [0.29, 0.717) is 28.5 Å². The second kappa shape index (κ2) is 7.43. The van der Waals surface area contributed by atoms with Crippen molar-refractivity contribution in [2.45, 2.75) is 26.8 Å². The Kier molecular flexibility index (Phi) is 4.78. The van der Waals surface area contributed by atoms with Gasteiger partial charge in [-0.3, -0.25) is 14.9 Å². The summed E-state index contributed by atoms with van der Waals surface area (Å²) < 4.78 is 1.49. The minimum absolute atomic E-state index is 0.0875. The van der Waals surface area contributed by atoms with Crippen LogP contribution in [0.2, 0.25) is 0 Å². The smallest absolute Gasteiger partial charge is 0.275 e. The molecule has 1 aliphatic rings. The van der Waals surface area contributed by atoms with E-state index in [4.69, 9.17) is 0 Å². The molecule has 0 unspecified atom stereocenters. The zero-order chi connectivity index (χ0) is 21.4. The largest absolute Gasteiger partial charge is 0.328 e. The summed E-state index contributed by atoms with van der Waals surface area (Å²) in [5, 5.41) is 21.9. The van der Waals surface area contributed by atoms with Crippen molar-refractivity contribution in [3.8, 4) is 0 Å². The molecule has 0 fully saturated rings. The van der Waals surface area contributed by atoms with E-state index < -0.39 is 11.0 Å². The number of para-hydroxylation sites is 1. The first kappa shape index (κ1) is 19.3. The summed E-state index contributed by atoms with van der Waals surface area (Å²) in [4.78, 5) is 28.7. The van der Waals surface area contributed by atoms with Crippen LogP contribution in [0, 0.1) is 24.0 Å². The Morgan fingerprint density at radius 2 is 1.97 bits per heavy atom. The lowest BCUT2D eigenvalue weighted by atomic mass is 9.93. The predicted octanol–water partition coefficient (Wildman–Crippen LogP) is 3.73. The van der Waals surface area contributed by atoms with Crippen LogP contribution in [0.15, 0.2) is 60.1 Å². The number of hydrogen-bond donors (Lipinski definition) is 2. The third-order valence-electron chi connectivity index (χ3n) is 5.10. The Labute approximate surface area is 172 Å². The van der Waals surface area contributed by atoms with Crippen LogP contribution in [-0.2, 0) is 4.79 Å². The average Bonchev–Trinajstić information content (AvgIpc) is 3.16. The second-order valence-corrected chi connectivity index (χ2v) is 7.18. The minimum atomic E-state index is -0.795. The zero-order valence-corrected chi connectivity index (χ0v) is 16.7. The third-order valence-corrected chi connectivity index (χ3v) is 5.10. The maximum Gasteiger partial charge on any atom is 0.275 e. The average molecular weight is 404 g/mol. The highest BCUT2D eigenvalue weighted by atomic mass is 16.6. The van der Waals surface area contributed by atoms with Gasteiger partial charge in [0.25, 0.3) is 11.6 Å². The Morgan fingerprint density at radius 1 is 1.20 bits per heavy atom. The van der Waals surface area contributed by atoms with Crippen LogP contribution >= 0.6 is 0 Å². The molecule has 0 saturated carbocycles. The predicted molar refractivity (Wildman–Crippen MR) is 112 cm³/mol. The molecule has 3 aromatic rings. The number of carbonyl (C=O) groups excluding carboxylic acids is 1. The lowest BCUT2D eigenvalue weighted by Crippen LogP contribution is -2.32. The molecule has 0 saturated heterocycles. The van der Waals surface area contributed by atoms with Crippen molar-refractivity contribution in [1.82, 2.24) is 14.8 Å². The molecule has 1 aromatic heterocycles. The fourth-order valence-corrected chi connectivity index (χ4v) is 3.70. The quantitative estimate of drug-likeness (QED) is 0.506. The number of amides is 1. The maximum atomic E-state index is 13.4. The molecule has 0 radical (unpaired) electrons. The van der Waals surface area contributed by atoms with Crippen LogP contribution in [0.3, 0.4) is 0 Å². The highest BCUT2D eigenvalue weighted by molar-refractivity contribution is 6.06. The monoisotopic (exact) mass is 404 g/mol. The van der Waals surface area contributed by atoms with Gasteiger partial charge in [0.1, 0.15) is 12.4 Å². The molecule has 2 N–H and O–H groups in total. The van der Waals surface area contributed by atoms with Crippen molar-refractivity contribution in [1.29, 1.82) is 0 Å². The Morgan fingerprint density at radius 3 is 2.70 bits per heavy atom. The van der Waals surface area contributed by atoms with E-state index in [9.17, 15) is 14.9 Å². The van der Waals surface area contributed by atoms with Crippen LogP contribution in [-0.4, -0.2) is 25.6 Å². The fourth-order valence-electron chi connectivity index (χ4n) is 3.70. The van der Waals surface area contributed by atoms with Crippen molar-refractivity contribution >= 4 is 23.2 Å². The van der Waals surface area contributed by atoms with Gasteiger partial charge in [-0.1, -0.05) is 29.8 Å². The highest BCUT2D eigenvalue weighted by Crippen LogP contribution is 2.39. The number of nitrogens with one attached hydrogen (secondary N) is 2. The minimum Gasteiger partial charge on any atom is -0.328 e. The molecule has 1 amide bonds. The van der Waals surface area contributed by atoms with Gasteiger partial charge in [0.15, 0.2) is 0 Å². The molecule has 30 heavy (non-hydrogen) atoms. The molecule has 0 bridgehead atoms. The molecular weight excluding hydrogens is 384 g/mol. The van der Waals surface area contributed by atoms with Gasteiger partial charge >= 0.3 is 0 Å². The van der Waals surface area contributed by atoms with Gasteiger partial charge in [0, 0.05) is 17.5 Å². The Bertz CT molecular complexity index is 1200. The normalized spacial score (nSPS) is 15.4. The van der Waals surface area contributed by atoms with Crippen LogP contribution in [0.25, 0.3) is 0 Å². The van der Waals surface area contributed by atoms with Gasteiger partial charge < -0.3 is 10.6 Å². The Hall–Kier alpha value is -4.01. The van der Waals surface area contributed by atoms with E-state index in [1.54, 1.807) is 25.1 Å². The number of benzene rings is 2. The van der Waals surface area contributed by atoms with Gasteiger partial charge in [-0.25, -0.2) is 4.68 Å². The van der Waals surface area contributed by atoms with E-state index in [2.05, 4.69) is 20.7 Å². The van der Waals surface area contributed by atoms with Crippen LogP contribution in [0.4, 0.5) is 17.3 Å². The molecule has 9 heteroatoms. The number of allylic oxidation sites excluding steroid dienone is 1. The van der Waals surface area contributed by atoms with Crippen LogP contribution in [0.1, 0.15) is 29.7 Å². The molecule has 152 valence electrons. The van der Waals surface area contributed by atoms with E-state index in [1.807, 2.05) is 32.0 Å². The zero-order valence-electron chi connectivity index (χ0n) is 16.7. The lowest BCUT2D eigenvalue weighted by Gasteiger charge is -2.28. The first-order valence-electron chi connectivity index (χ1n) is 9.36. The first-order chi connectivity index (χ1) is 14.4. The van der Waals surface area contributed by atoms with Gasteiger partial charge in [-0.15, -0.1) is 0 Å². The summed E-state index contributed by atoms with van der Waals surface area (Å²) in [5.41, 5.74) is 3.86. The van der Waals surface area contributed by atoms with E-state index >= 15 is 0 Å². The van der Waals surface area contributed by atoms with Crippen LogP contribution < -0.4 is 10.6 Å². The van der Waals surface area contributed by atoms with Gasteiger partial charge in [-0.05, 0) is 38.5 Å². The van der Waals surface area contributed by atoms with E-state index in [1.165, 1.54) is 17.1 Å². The summed E-state index contributed by atoms with van der Waals surface area (Å²) in [7, 11) is 0. The number of hydrogen-bond acceptors (Lipinski definition) is 6. The standard InChI is InChI=1S/C21H20N6O3/c1-12-8-9-16(13(2)10-12)25-20(28)18-14(3)24-21-22-11-23-26(21)19(18)15-6-4-5-7-17(15)27(29)30/h4-11,19H,1-3H3,(H,25,28)(H,22,23,24)/t19-/m1/s1. The summed E-state index contributed by atoms with van der Waals surface area (Å²) in [5.74, 6) is 0.0509. The van der Waals surface area contributed by atoms with Crippen molar-refractivity contribution < 1.29 is 9.72 Å². The number of rotatable bonds is 4. The molecule has 0 spiro atoms. The summed E-state index contributed by atoms with van der Waals surface area (Å²) in [6.45, 7) is 5.64. The molecule has 4 rings (SSSR count). The topological polar surface area (TPSA) is 115 Å². The highest BCUT2D eigenvalue weighted by Gasteiger charge is 2.37. The fraction of sp³-hybridized carbons (Fsp3) is 0.190. The van der Waals surface area contributed by atoms with Crippen molar-refractivity contribution in [2.24, 2.45) is 0 Å². The molecule has 2 heterocycles. The number of aryl methyl sites for hydroxylation is 2. The van der Waals surface area contributed by atoms with Crippen molar-refractivity contribution in [3.63, 3.8) is 0 Å². The first-order valence-corrected chi connectivity index (χ1v) is 9.36. The van der Waals surface area contributed by atoms with Gasteiger partial charge in [0.2, 0.25) is 5.95 Å². The molecule has 0 aliphatic carbocycles. The SMILES string of the molecule is CC1=C(C(=O)Nc2ccc(C)cc2C)[C@@H](c2ccccc2[N+](=O)[O-])n2ncnc2N1. The number of aromatic nitrogens is 3. The number of anilines is 2. The van der Waals surface area contributed by atoms with Gasteiger partial charge in [0.05, 0.1) is 16.1 Å². The Balaban J connectivity index is 1.82. The maximum absolute atomic E-state index is 13.4. The third kappa shape index (κ3) is 3.30. The second-order valence-electron chi connectivity index (χ2n) is 7.18. The number of nitro groups is 1. The number of nitrogens with zero attached hydrogens (tertiary/aromatic N) is 4. The van der Waals surface area contributed by atoms with E-state index in [0.717, 1.165) is 11.1 Å². The molecule has 9 nitrogen and oxygen atoms in total. The lowest BCUT2D eigenvalue weighted by molar-refractivity contribution is -0.385. The molecule has 1 atom stereocenters. The molecule has 1 aliphatic heterocycles. The number of carbonyl (C=O) groups is 1. The summed E-state index contributed by atoms with van der Waals surface area (Å²) in [6.07, 6.45) is 1.35. The molecular formula is C21H20N6O3. The number of fused-ring (bicyclic) bond motifs is 1. The molecule has 2 aromatic carbocycles. The van der Waals surface area contributed by atoms with Crippen molar-refractivity contribution in [2.75, 3.05) is 10.6 Å².